The van der Waals surface area contributed by atoms with Crippen molar-refractivity contribution in [3.8, 4) is 0 Å². The smallest absolute Gasteiger partial charge is 0.254 e. The Bertz CT molecular complexity index is 622. The van der Waals surface area contributed by atoms with Crippen molar-refractivity contribution >= 4 is 5.91 Å². The van der Waals surface area contributed by atoms with Crippen LogP contribution in [-0.4, -0.2) is 5.91 Å². The fraction of sp³-hybridized carbons (Fsp3) is 0.278. The maximum absolute atomic E-state index is 13.9. The summed E-state index contributed by atoms with van der Waals surface area (Å²) < 4.78 is 13.9. The van der Waals surface area contributed by atoms with Crippen molar-refractivity contribution in [1.82, 2.24) is 5.32 Å². The quantitative estimate of drug-likeness (QED) is 0.893. The summed E-state index contributed by atoms with van der Waals surface area (Å²) in [5.41, 5.74) is 1.91. The molecule has 0 radical (unpaired) electrons. The molecule has 0 saturated carbocycles. The molecule has 1 unspecified atom stereocenters. The van der Waals surface area contributed by atoms with Crippen LogP contribution in [0, 0.1) is 18.7 Å². The van der Waals surface area contributed by atoms with Crippen molar-refractivity contribution in [2.45, 2.75) is 26.8 Å². The van der Waals surface area contributed by atoms with E-state index in [0.717, 1.165) is 11.1 Å². The van der Waals surface area contributed by atoms with Gasteiger partial charge in [-0.25, -0.2) is 4.39 Å². The molecule has 110 valence electrons. The molecule has 0 bridgehead atoms. The van der Waals surface area contributed by atoms with Gasteiger partial charge in [-0.3, -0.25) is 4.79 Å². The molecule has 2 rings (SSSR count). The fourth-order valence-corrected chi connectivity index (χ4v) is 2.32. The van der Waals surface area contributed by atoms with Crippen LogP contribution < -0.4 is 5.32 Å². The van der Waals surface area contributed by atoms with Crippen LogP contribution in [0.25, 0.3) is 0 Å². The molecular formula is C18H20FNO. The number of hydrogen-bond acceptors (Lipinski definition) is 1. The van der Waals surface area contributed by atoms with Crippen molar-refractivity contribution in [3.63, 3.8) is 0 Å². The second kappa shape index (κ2) is 6.53. The summed E-state index contributed by atoms with van der Waals surface area (Å²) in [6.07, 6.45) is 0. The highest BCUT2D eigenvalue weighted by molar-refractivity contribution is 5.94. The van der Waals surface area contributed by atoms with E-state index in [-0.39, 0.29) is 23.4 Å². The fourth-order valence-electron chi connectivity index (χ4n) is 2.32. The maximum atomic E-state index is 13.9. The third kappa shape index (κ3) is 3.69. The second-order valence-electron chi connectivity index (χ2n) is 5.59. The lowest BCUT2D eigenvalue weighted by atomic mass is 9.95. The molecule has 0 saturated heterocycles. The van der Waals surface area contributed by atoms with Crippen molar-refractivity contribution in [3.05, 3.63) is 71.0 Å². The van der Waals surface area contributed by atoms with Crippen LogP contribution in [-0.2, 0) is 0 Å². The highest BCUT2D eigenvalue weighted by Gasteiger charge is 2.20. The zero-order valence-corrected chi connectivity index (χ0v) is 12.6. The summed E-state index contributed by atoms with van der Waals surface area (Å²) in [5.74, 6) is -0.650. The number of rotatable bonds is 4. The third-order valence-electron chi connectivity index (χ3n) is 3.48. The number of carbonyl (C=O) groups excluding carboxylic acids is 1. The molecule has 0 heterocycles. The van der Waals surface area contributed by atoms with E-state index in [4.69, 9.17) is 0 Å². The molecule has 0 fully saturated rings. The molecule has 2 nitrogen and oxygen atoms in total. The van der Waals surface area contributed by atoms with E-state index in [9.17, 15) is 9.18 Å². The molecule has 1 amide bonds. The molecular weight excluding hydrogens is 265 g/mol. The number of benzene rings is 2. The first-order valence-electron chi connectivity index (χ1n) is 7.11. The van der Waals surface area contributed by atoms with Gasteiger partial charge in [0.05, 0.1) is 11.6 Å². The van der Waals surface area contributed by atoms with Gasteiger partial charge in [0.15, 0.2) is 0 Å². The number of carbonyl (C=O) groups is 1. The van der Waals surface area contributed by atoms with Gasteiger partial charge in [-0.1, -0.05) is 50.2 Å². The predicted octanol–water partition coefficient (Wildman–Crippen LogP) is 4.26. The van der Waals surface area contributed by atoms with Crippen LogP contribution in [0.5, 0.6) is 0 Å². The predicted molar refractivity (Wildman–Crippen MR) is 82.6 cm³/mol. The SMILES string of the molecule is Cc1ccc(C(=O)NC(c2ccccc2)C(C)C)c(F)c1. The van der Waals surface area contributed by atoms with E-state index in [1.54, 1.807) is 13.0 Å². The monoisotopic (exact) mass is 285 g/mol. The molecule has 1 atom stereocenters. The lowest BCUT2D eigenvalue weighted by Gasteiger charge is -2.23. The molecule has 2 aromatic rings. The Morgan fingerprint density at radius 2 is 1.76 bits per heavy atom. The summed E-state index contributed by atoms with van der Waals surface area (Å²) in [6, 6.07) is 14.2. The Morgan fingerprint density at radius 3 is 2.33 bits per heavy atom. The van der Waals surface area contributed by atoms with Crippen LogP contribution in [0.1, 0.15) is 41.4 Å². The molecule has 0 aliphatic rings. The lowest BCUT2D eigenvalue weighted by molar-refractivity contribution is 0.0921. The number of amides is 1. The van der Waals surface area contributed by atoms with Crippen LogP contribution in [0.2, 0.25) is 0 Å². The van der Waals surface area contributed by atoms with E-state index in [1.165, 1.54) is 12.1 Å². The Hall–Kier alpha value is -2.16. The number of nitrogens with one attached hydrogen (secondary N) is 1. The van der Waals surface area contributed by atoms with Gasteiger partial charge >= 0.3 is 0 Å². The minimum Gasteiger partial charge on any atom is -0.345 e. The van der Waals surface area contributed by atoms with Gasteiger partial charge in [-0.2, -0.15) is 0 Å². The number of hydrogen-bond donors (Lipinski definition) is 1. The topological polar surface area (TPSA) is 29.1 Å². The summed E-state index contributed by atoms with van der Waals surface area (Å²) >= 11 is 0. The lowest BCUT2D eigenvalue weighted by Crippen LogP contribution is -2.32. The highest BCUT2D eigenvalue weighted by atomic mass is 19.1. The van der Waals surface area contributed by atoms with Gasteiger partial charge in [0.1, 0.15) is 5.82 Å². The molecule has 0 aromatic heterocycles. The largest absolute Gasteiger partial charge is 0.345 e. The normalized spacial score (nSPS) is 12.2. The van der Waals surface area contributed by atoms with Crippen molar-refractivity contribution in [1.29, 1.82) is 0 Å². The highest BCUT2D eigenvalue weighted by Crippen LogP contribution is 2.22. The zero-order chi connectivity index (χ0) is 15.4. The van der Waals surface area contributed by atoms with E-state index in [1.807, 2.05) is 44.2 Å². The number of halogens is 1. The average molecular weight is 285 g/mol. The van der Waals surface area contributed by atoms with E-state index in [2.05, 4.69) is 5.32 Å². The Labute approximate surface area is 125 Å². The summed E-state index contributed by atoms with van der Waals surface area (Å²) in [7, 11) is 0. The molecule has 2 aromatic carbocycles. The Balaban J connectivity index is 2.23. The maximum Gasteiger partial charge on any atom is 0.254 e. The molecule has 21 heavy (non-hydrogen) atoms. The standard InChI is InChI=1S/C18H20FNO/c1-12(2)17(14-7-5-4-6-8-14)20-18(21)15-10-9-13(3)11-16(15)19/h4-12,17H,1-3H3,(H,20,21). The first-order chi connectivity index (χ1) is 9.99. The van der Waals surface area contributed by atoms with Crippen LogP contribution in [0.15, 0.2) is 48.5 Å². The van der Waals surface area contributed by atoms with E-state index >= 15 is 0 Å². The zero-order valence-electron chi connectivity index (χ0n) is 12.6. The number of aryl methyl sites for hydroxylation is 1. The molecule has 1 N–H and O–H groups in total. The molecule has 3 heteroatoms. The van der Waals surface area contributed by atoms with Crippen molar-refractivity contribution in [2.75, 3.05) is 0 Å². The van der Waals surface area contributed by atoms with Gasteiger partial charge < -0.3 is 5.32 Å². The van der Waals surface area contributed by atoms with Gasteiger partial charge in [0.2, 0.25) is 0 Å². The third-order valence-corrected chi connectivity index (χ3v) is 3.48. The minimum atomic E-state index is -0.483. The summed E-state index contributed by atoms with van der Waals surface area (Å²) in [5, 5.41) is 2.93. The van der Waals surface area contributed by atoms with Crippen molar-refractivity contribution < 1.29 is 9.18 Å². The molecule has 0 spiro atoms. The van der Waals surface area contributed by atoms with E-state index < -0.39 is 5.82 Å². The first-order valence-corrected chi connectivity index (χ1v) is 7.11. The minimum absolute atomic E-state index is 0.0854. The van der Waals surface area contributed by atoms with Crippen molar-refractivity contribution in [2.24, 2.45) is 5.92 Å². The van der Waals surface area contributed by atoms with Gasteiger partial charge in [0.25, 0.3) is 5.91 Å². The van der Waals surface area contributed by atoms with Crippen LogP contribution >= 0.6 is 0 Å². The summed E-state index contributed by atoms with van der Waals surface area (Å²) in [4.78, 5) is 12.3. The molecule has 0 aliphatic carbocycles. The molecule has 0 aliphatic heterocycles. The van der Waals surface area contributed by atoms with Crippen LogP contribution in [0.4, 0.5) is 4.39 Å². The Kier molecular flexibility index (Phi) is 4.73. The van der Waals surface area contributed by atoms with Gasteiger partial charge in [-0.15, -0.1) is 0 Å². The summed E-state index contributed by atoms with van der Waals surface area (Å²) in [6.45, 7) is 5.86. The van der Waals surface area contributed by atoms with Gasteiger partial charge in [-0.05, 0) is 36.1 Å². The van der Waals surface area contributed by atoms with Crippen LogP contribution in [0.3, 0.4) is 0 Å². The average Bonchev–Trinajstić information content (AvgIpc) is 2.45. The first kappa shape index (κ1) is 15.2. The van der Waals surface area contributed by atoms with E-state index in [0.29, 0.717) is 0 Å². The Morgan fingerprint density at radius 1 is 1.10 bits per heavy atom. The van der Waals surface area contributed by atoms with Gasteiger partial charge in [0, 0.05) is 0 Å². The second-order valence-corrected chi connectivity index (χ2v) is 5.59.